The predicted octanol–water partition coefficient (Wildman–Crippen LogP) is 0.743. The van der Waals surface area contributed by atoms with E-state index in [0.29, 0.717) is 31.8 Å². The maximum Gasteiger partial charge on any atom is 1.00 e. The molecule has 1 aromatic carbocycles. The van der Waals surface area contributed by atoms with E-state index in [-0.39, 0.29) is 46.9 Å². The number of fused-ring (bicyclic) bond motifs is 1. The first kappa shape index (κ1) is 26.2. The van der Waals surface area contributed by atoms with Gasteiger partial charge in [-0.25, -0.2) is 9.97 Å². The molecule has 3 heterocycles. The van der Waals surface area contributed by atoms with Crippen LogP contribution in [-0.4, -0.2) is 34.6 Å². The number of anilines is 1. The van der Waals surface area contributed by atoms with Crippen LogP contribution >= 0.6 is 0 Å². The number of carboxylic acids is 1. The molecule has 35 heavy (non-hydrogen) atoms. The Labute approximate surface area is 224 Å². The van der Waals surface area contributed by atoms with E-state index in [1.165, 1.54) is 6.07 Å². The topological polar surface area (TPSA) is 78.4 Å². The summed E-state index contributed by atoms with van der Waals surface area (Å²) in [5.41, 5.74) is 1.71. The summed E-state index contributed by atoms with van der Waals surface area (Å²) in [4.78, 5) is 20.5. The molecule has 2 atom stereocenters. The fourth-order valence-corrected chi connectivity index (χ4v) is 5.46. The molecule has 6 nitrogen and oxygen atoms in total. The summed E-state index contributed by atoms with van der Waals surface area (Å²) < 4.78 is 45.5. The number of carbonyl (C=O) groups is 1. The van der Waals surface area contributed by atoms with Gasteiger partial charge in [-0.3, -0.25) is 0 Å². The molecule has 3 aliphatic rings. The van der Waals surface area contributed by atoms with Gasteiger partial charge < -0.3 is 19.5 Å². The molecule has 10 heteroatoms. The molecule has 5 rings (SSSR count). The molecule has 1 saturated carbocycles. The Balaban J connectivity index is 0.00000289. The van der Waals surface area contributed by atoms with Gasteiger partial charge in [0.2, 0.25) is 5.82 Å². The van der Waals surface area contributed by atoms with Gasteiger partial charge in [-0.05, 0) is 60.8 Å². The summed E-state index contributed by atoms with van der Waals surface area (Å²) in [6.45, 7) is 2.79. The maximum atomic E-state index is 13.0. The van der Waals surface area contributed by atoms with Gasteiger partial charge in [0, 0.05) is 44.0 Å². The smallest absolute Gasteiger partial charge is 0.550 e. The molecule has 2 fully saturated rings. The molecule has 182 valence electrons. The minimum atomic E-state index is -4.58. The van der Waals surface area contributed by atoms with E-state index in [2.05, 4.69) is 9.97 Å². The van der Waals surface area contributed by atoms with Crippen molar-refractivity contribution in [1.29, 1.82) is 0 Å². The Bertz CT molecular complexity index is 1090. The van der Waals surface area contributed by atoms with Crippen LogP contribution in [0.15, 0.2) is 30.5 Å². The van der Waals surface area contributed by atoms with Crippen molar-refractivity contribution >= 4 is 11.8 Å². The number of piperidine rings is 1. The number of aliphatic carboxylic acids is 1. The minimum absolute atomic E-state index is 0. The van der Waals surface area contributed by atoms with Gasteiger partial charge in [0.1, 0.15) is 17.2 Å². The Morgan fingerprint density at radius 2 is 1.91 bits per heavy atom. The second kappa shape index (κ2) is 9.90. The molecular formula is C25H27F3N3NaO3. The van der Waals surface area contributed by atoms with E-state index in [1.54, 1.807) is 6.92 Å². The van der Waals surface area contributed by atoms with E-state index in [0.717, 1.165) is 48.8 Å². The number of alkyl halides is 3. The molecule has 0 unspecified atom stereocenters. The number of aromatic nitrogens is 2. The normalized spacial score (nSPS) is 20.9. The molecule has 0 radical (unpaired) electrons. The van der Waals surface area contributed by atoms with Crippen molar-refractivity contribution in [2.24, 2.45) is 11.8 Å². The summed E-state index contributed by atoms with van der Waals surface area (Å²) in [5, 5.41) is 11.6. The van der Waals surface area contributed by atoms with Crippen molar-refractivity contribution in [2.45, 2.75) is 63.1 Å². The first-order valence-electron chi connectivity index (χ1n) is 11.8. The van der Waals surface area contributed by atoms with Crippen molar-refractivity contribution in [3.8, 4) is 5.75 Å². The van der Waals surface area contributed by atoms with Crippen LogP contribution in [0.2, 0.25) is 0 Å². The number of halogens is 3. The third-order valence-electron chi connectivity index (χ3n) is 7.59. The molecule has 2 aliphatic heterocycles. The van der Waals surface area contributed by atoms with Crippen LogP contribution in [0, 0.1) is 11.8 Å². The molecule has 0 bridgehead atoms. The summed E-state index contributed by atoms with van der Waals surface area (Å²) in [7, 11) is 0. The zero-order chi connectivity index (χ0) is 24.1. The van der Waals surface area contributed by atoms with Crippen LogP contribution in [-0.2, 0) is 17.4 Å². The average Bonchev–Trinajstić information content (AvgIpc) is 3.64. The second-order valence-electron chi connectivity index (χ2n) is 9.85. The first-order chi connectivity index (χ1) is 16.2. The summed E-state index contributed by atoms with van der Waals surface area (Å²) in [6, 6.07) is 7.58. The molecule has 1 spiro atoms. The van der Waals surface area contributed by atoms with Crippen molar-refractivity contribution < 1.29 is 57.4 Å². The Kier molecular flexibility index (Phi) is 7.42. The summed E-state index contributed by atoms with van der Waals surface area (Å²) >= 11 is 0. The Morgan fingerprint density at radius 1 is 1.20 bits per heavy atom. The number of benzene rings is 1. The van der Waals surface area contributed by atoms with Gasteiger partial charge in [0.25, 0.3) is 0 Å². The number of hydrogen-bond acceptors (Lipinski definition) is 6. The molecule has 0 amide bonds. The van der Waals surface area contributed by atoms with Gasteiger partial charge in [0.15, 0.2) is 0 Å². The predicted molar refractivity (Wildman–Crippen MR) is 116 cm³/mol. The monoisotopic (exact) mass is 497 g/mol. The first-order valence-corrected chi connectivity index (χ1v) is 11.8. The van der Waals surface area contributed by atoms with E-state index in [4.69, 9.17) is 4.74 Å². The molecule has 1 saturated heterocycles. The fraction of sp³-hybridized carbons (Fsp3) is 0.560. The third-order valence-corrected chi connectivity index (χ3v) is 7.59. The number of carboxylic acid groups (broad SMARTS) is 1. The van der Waals surface area contributed by atoms with Crippen molar-refractivity contribution in [2.75, 3.05) is 18.0 Å². The second-order valence-corrected chi connectivity index (χ2v) is 9.85. The van der Waals surface area contributed by atoms with Crippen LogP contribution in [0.25, 0.3) is 0 Å². The van der Waals surface area contributed by atoms with Gasteiger partial charge in [-0.1, -0.05) is 19.1 Å². The van der Waals surface area contributed by atoms with Crippen molar-refractivity contribution in [3.63, 3.8) is 0 Å². The third kappa shape index (κ3) is 5.47. The van der Waals surface area contributed by atoms with Crippen molar-refractivity contribution in [1.82, 2.24) is 9.97 Å². The van der Waals surface area contributed by atoms with Crippen LogP contribution in [0.1, 0.15) is 61.9 Å². The van der Waals surface area contributed by atoms with Crippen molar-refractivity contribution in [3.05, 3.63) is 47.4 Å². The van der Waals surface area contributed by atoms with Crippen LogP contribution in [0.3, 0.4) is 0 Å². The van der Waals surface area contributed by atoms with E-state index in [1.807, 2.05) is 23.1 Å². The van der Waals surface area contributed by atoms with Crippen LogP contribution in [0.4, 0.5) is 19.0 Å². The van der Waals surface area contributed by atoms with Crippen LogP contribution < -0.4 is 44.3 Å². The SMILES string of the molecule is C[C@H](C(=O)[O-])[C@H](c1ccc2c(c1)OC1(CC2)CCN(c2ccnc(C(F)(F)F)n2)CC1)C1CC1.[Na+]. The molecule has 2 aromatic rings. The van der Waals surface area contributed by atoms with E-state index < -0.39 is 23.9 Å². The quantitative estimate of drug-likeness (QED) is 0.568. The molecule has 1 aromatic heterocycles. The van der Waals surface area contributed by atoms with Gasteiger partial charge in [0.05, 0.1) is 0 Å². The number of aryl methyl sites for hydroxylation is 1. The number of hydrogen-bond donors (Lipinski definition) is 0. The number of nitrogens with zero attached hydrogens (tertiary/aromatic N) is 3. The zero-order valence-corrected chi connectivity index (χ0v) is 22.0. The summed E-state index contributed by atoms with van der Waals surface area (Å²) in [6.07, 6.45) is 1.66. The van der Waals surface area contributed by atoms with E-state index in [9.17, 15) is 23.1 Å². The Hall–Kier alpha value is -1.84. The average molecular weight is 497 g/mol. The maximum absolute atomic E-state index is 13.0. The molecule has 1 aliphatic carbocycles. The standard InChI is InChI=1S/C25H28F3N3O3.Na/c1-15(22(32)33)21(17-3-4-17)18-5-2-16-6-8-24(34-19(16)14-18)9-12-31(13-10-24)20-7-11-29-23(30-20)25(26,27)28;/h2,5,7,11,14-15,17,21H,3-4,6,8-10,12-13H2,1H3,(H,32,33);/q;+1/p-1/t15-,21-;/m0./s1. The van der Waals surface area contributed by atoms with Gasteiger partial charge in [-0.15, -0.1) is 0 Å². The van der Waals surface area contributed by atoms with Gasteiger partial charge in [-0.2, -0.15) is 13.2 Å². The zero-order valence-electron chi connectivity index (χ0n) is 20.0. The number of ether oxygens (including phenoxy) is 1. The summed E-state index contributed by atoms with van der Waals surface area (Å²) in [5.74, 6) is -1.37. The van der Waals surface area contributed by atoms with Gasteiger partial charge >= 0.3 is 35.7 Å². The number of carbonyl (C=O) groups excluding carboxylic acids is 1. The van der Waals surface area contributed by atoms with E-state index >= 15 is 0 Å². The number of rotatable bonds is 5. The Morgan fingerprint density at radius 3 is 2.54 bits per heavy atom. The molecule has 0 N–H and O–H groups in total. The fourth-order valence-electron chi connectivity index (χ4n) is 5.46. The largest absolute Gasteiger partial charge is 1.00 e. The minimum Gasteiger partial charge on any atom is -0.550 e. The molecular weight excluding hydrogens is 470 g/mol. The van der Waals surface area contributed by atoms with Crippen LogP contribution in [0.5, 0.6) is 5.75 Å².